The van der Waals surface area contributed by atoms with Crippen molar-refractivity contribution in [2.75, 3.05) is 7.11 Å². The standard InChI is InChI=1S/C12H14N2O3/c1-17-12-10(8-15)6-13-14(12)7-9-2-4-11(16)5-3-9/h2-6,15-16H,7-8H2,1H3. The molecule has 1 aromatic carbocycles. The molecule has 1 aromatic heterocycles. The summed E-state index contributed by atoms with van der Waals surface area (Å²) in [6.45, 7) is 0.433. The average Bonchev–Trinajstić information content (AvgIpc) is 2.74. The molecule has 1 heterocycles. The molecule has 0 aliphatic carbocycles. The normalized spacial score (nSPS) is 10.5. The largest absolute Gasteiger partial charge is 0.508 e. The second-order valence-electron chi connectivity index (χ2n) is 3.66. The monoisotopic (exact) mass is 234 g/mol. The van der Waals surface area contributed by atoms with E-state index in [0.717, 1.165) is 5.56 Å². The zero-order chi connectivity index (χ0) is 12.3. The molecule has 5 heteroatoms. The van der Waals surface area contributed by atoms with Crippen LogP contribution in [0.5, 0.6) is 11.6 Å². The Kier molecular flexibility index (Phi) is 3.30. The Bertz CT molecular complexity index is 491. The van der Waals surface area contributed by atoms with Crippen LogP contribution in [-0.4, -0.2) is 27.1 Å². The molecule has 0 amide bonds. The lowest BCUT2D eigenvalue weighted by atomic mass is 10.2. The van der Waals surface area contributed by atoms with E-state index in [0.29, 0.717) is 18.0 Å². The van der Waals surface area contributed by atoms with Gasteiger partial charge in [-0.3, -0.25) is 0 Å². The molecule has 2 aromatic rings. The van der Waals surface area contributed by atoms with Crippen LogP contribution in [0.2, 0.25) is 0 Å². The Morgan fingerprint density at radius 1 is 1.29 bits per heavy atom. The molecule has 90 valence electrons. The van der Waals surface area contributed by atoms with E-state index < -0.39 is 0 Å². The Labute approximate surface area is 98.9 Å². The fraction of sp³-hybridized carbons (Fsp3) is 0.250. The summed E-state index contributed by atoms with van der Waals surface area (Å²) < 4.78 is 6.86. The van der Waals surface area contributed by atoms with Gasteiger partial charge < -0.3 is 14.9 Å². The molecule has 0 bridgehead atoms. The number of aromatic nitrogens is 2. The lowest BCUT2D eigenvalue weighted by Crippen LogP contribution is -2.04. The number of aliphatic hydroxyl groups is 1. The van der Waals surface area contributed by atoms with Crippen LogP contribution in [0.3, 0.4) is 0 Å². The van der Waals surface area contributed by atoms with Gasteiger partial charge in [0.15, 0.2) is 0 Å². The van der Waals surface area contributed by atoms with Crippen LogP contribution >= 0.6 is 0 Å². The maximum Gasteiger partial charge on any atom is 0.217 e. The van der Waals surface area contributed by atoms with Crippen molar-refractivity contribution in [1.82, 2.24) is 9.78 Å². The number of rotatable bonds is 4. The third-order valence-electron chi connectivity index (χ3n) is 2.49. The molecule has 0 saturated carbocycles. The van der Waals surface area contributed by atoms with Gasteiger partial charge in [0.25, 0.3) is 0 Å². The molecular weight excluding hydrogens is 220 g/mol. The van der Waals surface area contributed by atoms with Crippen LogP contribution < -0.4 is 4.74 Å². The number of nitrogens with zero attached hydrogens (tertiary/aromatic N) is 2. The number of phenols is 1. The summed E-state index contributed by atoms with van der Waals surface area (Å²) in [7, 11) is 1.55. The van der Waals surface area contributed by atoms with Gasteiger partial charge in [-0.05, 0) is 17.7 Å². The van der Waals surface area contributed by atoms with Crippen molar-refractivity contribution in [3.8, 4) is 11.6 Å². The van der Waals surface area contributed by atoms with Crippen molar-refractivity contribution in [2.45, 2.75) is 13.2 Å². The molecule has 0 atom stereocenters. The van der Waals surface area contributed by atoms with Gasteiger partial charge in [0.05, 0.1) is 32.0 Å². The molecule has 17 heavy (non-hydrogen) atoms. The molecule has 2 rings (SSSR count). The van der Waals surface area contributed by atoms with E-state index in [1.54, 1.807) is 30.1 Å². The highest BCUT2D eigenvalue weighted by Crippen LogP contribution is 2.19. The molecule has 0 spiro atoms. The number of aromatic hydroxyl groups is 1. The topological polar surface area (TPSA) is 67.5 Å². The van der Waals surface area contributed by atoms with E-state index in [4.69, 9.17) is 9.84 Å². The smallest absolute Gasteiger partial charge is 0.217 e. The van der Waals surface area contributed by atoms with Gasteiger partial charge in [-0.25, -0.2) is 4.68 Å². The highest BCUT2D eigenvalue weighted by Gasteiger charge is 2.10. The Balaban J connectivity index is 2.23. The summed E-state index contributed by atoms with van der Waals surface area (Å²) in [6, 6.07) is 6.88. The highest BCUT2D eigenvalue weighted by atomic mass is 16.5. The lowest BCUT2D eigenvalue weighted by Gasteiger charge is -2.07. The second kappa shape index (κ2) is 4.88. The van der Waals surface area contributed by atoms with E-state index >= 15 is 0 Å². The van der Waals surface area contributed by atoms with Gasteiger partial charge >= 0.3 is 0 Å². The van der Waals surface area contributed by atoms with E-state index in [9.17, 15) is 5.11 Å². The third kappa shape index (κ3) is 2.39. The van der Waals surface area contributed by atoms with Crippen LogP contribution in [0.4, 0.5) is 0 Å². The van der Waals surface area contributed by atoms with Crippen LogP contribution in [0.25, 0.3) is 0 Å². The Morgan fingerprint density at radius 3 is 2.59 bits per heavy atom. The fourth-order valence-corrected chi connectivity index (χ4v) is 1.64. The molecule has 5 nitrogen and oxygen atoms in total. The number of hydrogen-bond donors (Lipinski definition) is 2. The zero-order valence-electron chi connectivity index (χ0n) is 9.50. The molecule has 0 unspecified atom stereocenters. The summed E-state index contributed by atoms with van der Waals surface area (Å²) in [4.78, 5) is 0. The Hall–Kier alpha value is -2.01. The van der Waals surface area contributed by atoms with Crippen LogP contribution in [-0.2, 0) is 13.2 Å². The molecule has 0 aliphatic heterocycles. The van der Waals surface area contributed by atoms with E-state index in [1.807, 2.05) is 12.1 Å². The van der Waals surface area contributed by atoms with Crippen molar-refractivity contribution in [3.63, 3.8) is 0 Å². The van der Waals surface area contributed by atoms with Crippen molar-refractivity contribution in [2.24, 2.45) is 0 Å². The maximum atomic E-state index is 9.19. The van der Waals surface area contributed by atoms with Gasteiger partial charge in [-0.15, -0.1) is 0 Å². The van der Waals surface area contributed by atoms with E-state index in [1.165, 1.54) is 0 Å². The SMILES string of the molecule is COc1c(CO)cnn1Cc1ccc(O)cc1. The first-order valence-electron chi connectivity index (χ1n) is 5.22. The number of phenolic OH excluding ortho intramolecular Hbond substituents is 1. The number of hydrogen-bond acceptors (Lipinski definition) is 4. The van der Waals surface area contributed by atoms with Gasteiger partial charge in [-0.2, -0.15) is 5.10 Å². The molecule has 0 radical (unpaired) electrons. The summed E-state index contributed by atoms with van der Waals surface area (Å²) >= 11 is 0. The van der Waals surface area contributed by atoms with Gasteiger partial charge in [-0.1, -0.05) is 12.1 Å². The lowest BCUT2D eigenvalue weighted by molar-refractivity contribution is 0.270. The number of ether oxygens (including phenoxy) is 1. The average molecular weight is 234 g/mol. The van der Waals surface area contributed by atoms with Crippen molar-refractivity contribution < 1.29 is 14.9 Å². The number of benzene rings is 1. The summed E-state index contributed by atoms with van der Waals surface area (Å²) in [5.41, 5.74) is 1.65. The van der Waals surface area contributed by atoms with E-state index in [2.05, 4.69) is 5.10 Å². The van der Waals surface area contributed by atoms with Crippen LogP contribution in [0.15, 0.2) is 30.5 Å². The van der Waals surface area contributed by atoms with Crippen molar-refractivity contribution in [1.29, 1.82) is 0 Å². The van der Waals surface area contributed by atoms with Crippen molar-refractivity contribution >= 4 is 0 Å². The second-order valence-corrected chi connectivity index (χ2v) is 3.66. The predicted octanol–water partition coefficient (Wildman–Crippen LogP) is 1.14. The quantitative estimate of drug-likeness (QED) is 0.832. The van der Waals surface area contributed by atoms with Gasteiger partial charge in [0.2, 0.25) is 5.88 Å². The molecule has 0 aliphatic rings. The third-order valence-corrected chi connectivity index (χ3v) is 2.49. The summed E-state index contributed by atoms with van der Waals surface area (Å²) in [5, 5.41) is 22.4. The minimum atomic E-state index is -0.0985. The predicted molar refractivity (Wildman–Crippen MR) is 61.9 cm³/mol. The minimum absolute atomic E-state index is 0.0985. The maximum absolute atomic E-state index is 9.19. The molecule has 0 saturated heterocycles. The number of aliphatic hydroxyl groups excluding tert-OH is 1. The summed E-state index contributed by atoms with van der Waals surface area (Å²) in [6.07, 6.45) is 1.58. The first kappa shape index (κ1) is 11.5. The van der Waals surface area contributed by atoms with Crippen LogP contribution in [0, 0.1) is 0 Å². The first-order valence-corrected chi connectivity index (χ1v) is 5.22. The minimum Gasteiger partial charge on any atom is -0.508 e. The van der Waals surface area contributed by atoms with Crippen LogP contribution in [0.1, 0.15) is 11.1 Å². The van der Waals surface area contributed by atoms with E-state index in [-0.39, 0.29) is 12.4 Å². The molecule has 0 fully saturated rings. The molecule has 2 N–H and O–H groups in total. The number of methoxy groups -OCH3 is 1. The molecular formula is C12H14N2O3. The van der Waals surface area contributed by atoms with Crippen molar-refractivity contribution in [3.05, 3.63) is 41.6 Å². The Morgan fingerprint density at radius 2 is 2.00 bits per heavy atom. The first-order chi connectivity index (χ1) is 8.24. The fourth-order valence-electron chi connectivity index (χ4n) is 1.64. The summed E-state index contributed by atoms with van der Waals surface area (Å²) in [5.74, 6) is 0.790. The van der Waals surface area contributed by atoms with Gasteiger partial charge in [0, 0.05) is 0 Å². The zero-order valence-corrected chi connectivity index (χ0v) is 9.50. The van der Waals surface area contributed by atoms with Gasteiger partial charge in [0.1, 0.15) is 5.75 Å². The highest BCUT2D eigenvalue weighted by molar-refractivity contribution is 5.28.